The molecule has 11 aromatic rings. The van der Waals surface area contributed by atoms with E-state index in [9.17, 15) is 0 Å². The number of benzene rings is 10. The topological polar surface area (TPSA) is 16.4 Å². The van der Waals surface area contributed by atoms with Crippen molar-refractivity contribution in [1.29, 1.82) is 0 Å². The van der Waals surface area contributed by atoms with Crippen molar-refractivity contribution in [2.75, 3.05) is 4.90 Å². The normalized spacial score (nSPS) is 13.1. The van der Waals surface area contributed by atoms with Gasteiger partial charge in [0, 0.05) is 27.4 Å². The predicted molar refractivity (Wildman–Crippen MR) is 249 cm³/mol. The van der Waals surface area contributed by atoms with Crippen molar-refractivity contribution < 1.29 is 4.42 Å². The number of para-hydroxylation sites is 1. The van der Waals surface area contributed by atoms with Crippen LogP contribution in [0.2, 0.25) is 0 Å². The first-order valence-corrected chi connectivity index (χ1v) is 20.5. The van der Waals surface area contributed by atoms with Gasteiger partial charge in [-0.05, 0) is 132 Å². The molecule has 2 nitrogen and oxygen atoms in total. The van der Waals surface area contributed by atoms with Crippen LogP contribution in [-0.2, 0) is 5.41 Å². The van der Waals surface area contributed by atoms with Crippen molar-refractivity contribution in [2.45, 2.75) is 19.3 Å². The van der Waals surface area contributed by atoms with Gasteiger partial charge < -0.3 is 9.32 Å². The van der Waals surface area contributed by atoms with Gasteiger partial charge in [0.25, 0.3) is 0 Å². The highest BCUT2D eigenvalue weighted by Gasteiger charge is 2.39. The third-order valence-electron chi connectivity index (χ3n) is 12.8. The van der Waals surface area contributed by atoms with E-state index in [2.05, 4.69) is 207 Å². The Hall–Kier alpha value is -7.42. The fraction of sp³-hybridized carbons (Fsp3) is 0.0526. The molecule has 0 spiro atoms. The van der Waals surface area contributed by atoms with Gasteiger partial charge in [0.15, 0.2) is 0 Å². The van der Waals surface area contributed by atoms with E-state index in [-0.39, 0.29) is 5.41 Å². The molecular formula is C57H39NO. The number of rotatable bonds is 5. The maximum Gasteiger partial charge on any atom is 0.136 e. The van der Waals surface area contributed by atoms with Crippen LogP contribution < -0.4 is 4.90 Å². The molecule has 0 fully saturated rings. The Morgan fingerprint density at radius 3 is 1.83 bits per heavy atom. The third kappa shape index (κ3) is 5.20. The van der Waals surface area contributed by atoms with E-state index in [4.69, 9.17) is 4.42 Å². The van der Waals surface area contributed by atoms with E-state index in [0.717, 1.165) is 44.4 Å². The Morgan fingerprint density at radius 1 is 0.390 bits per heavy atom. The number of furan rings is 1. The molecule has 1 aromatic heterocycles. The first-order chi connectivity index (χ1) is 29.0. The Kier molecular flexibility index (Phi) is 7.31. The summed E-state index contributed by atoms with van der Waals surface area (Å²) in [6, 6.07) is 73.4. The monoisotopic (exact) mass is 753 g/mol. The second kappa shape index (κ2) is 12.8. The van der Waals surface area contributed by atoms with Crippen LogP contribution in [0.5, 0.6) is 0 Å². The summed E-state index contributed by atoms with van der Waals surface area (Å²) in [5, 5.41) is 9.72. The van der Waals surface area contributed by atoms with Crippen LogP contribution >= 0.6 is 0 Å². The molecule has 0 aliphatic heterocycles. The minimum absolute atomic E-state index is 0.258. The smallest absolute Gasteiger partial charge is 0.136 e. The first-order valence-electron chi connectivity index (χ1n) is 20.5. The summed E-state index contributed by atoms with van der Waals surface area (Å²) < 4.78 is 6.31. The summed E-state index contributed by atoms with van der Waals surface area (Å²) in [7, 11) is 0. The summed E-state index contributed by atoms with van der Waals surface area (Å²) in [6.07, 6.45) is 0. The fourth-order valence-corrected chi connectivity index (χ4v) is 9.93. The van der Waals surface area contributed by atoms with Gasteiger partial charge in [-0.1, -0.05) is 153 Å². The fourth-order valence-electron chi connectivity index (χ4n) is 9.93. The molecule has 0 atom stereocenters. The lowest BCUT2D eigenvalue weighted by atomic mass is 9.80. The van der Waals surface area contributed by atoms with Gasteiger partial charge >= 0.3 is 0 Å². The zero-order chi connectivity index (χ0) is 39.2. The van der Waals surface area contributed by atoms with Gasteiger partial charge in [0.1, 0.15) is 11.2 Å². The van der Waals surface area contributed by atoms with Crippen LogP contribution in [0.4, 0.5) is 17.1 Å². The lowest BCUT2D eigenvalue weighted by molar-refractivity contribution is 0.661. The quantitative estimate of drug-likeness (QED) is 0.174. The number of hydrogen-bond donors (Lipinski definition) is 0. The number of nitrogens with zero attached hydrogens (tertiary/aromatic N) is 1. The van der Waals surface area contributed by atoms with Crippen molar-refractivity contribution in [2.24, 2.45) is 0 Å². The molecule has 0 N–H and O–H groups in total. The zero-order valence-electron chi connectivity index (χ0n) is 32.9. The highest BCUT2D eigenvalue weighted by atomic mass is 16.3. The lowest BCUT2D eigenvalue weighted by Gasteiger charge is -2.34. The summed E-state index contributed by atoms with van der Waals surface area (Å²) in [5.41, 5.74) is 15.0. The standard InChI is InChI=1S/C57H39NO/c1-57(2)50-34-41-16-6-5-15-40(41)33-49(50)48-19-11-20-52(56(48)57)58(44-28-24-37(25-29-44)42-26-30-47-46-18-9-10-21-53(46)59-54(47)35-42)51-31-27-38-13-7-8-17-45(38)55(51)43-23-22-36-12-3-4-14-39(36)32-43/h3-35H,1-2H3. The van der Waals surface area contributed by atoms with Crippen LogP contribution in [0.1, 0.15) is 25.0 Å². The molecule has 0 saturated heterocycles. The largest absolute Gasteiger partial charge is 0.456 e. The van der Waals surface area contributed by atoms with Crippen molar-refractivity contribution >= 4 is 71.3 Å². The predicted octanol–water partition coefficient (Wildman–Crippen LogP) is 16.2. The molecule has 0 amide bonds. The Morgan fingerprint density at radius 2 is 1.02 bits per heavy atom. The molecule has 278 valence electrons. The van der Waals surface area contributed by atoms with Crippen molar-refractivity contribution in [1.82, 2.24) is 0 Å². The molecule has 0 radical (unpaired) electrons. The van der Waals surface area contributed by atoms with Gasteiger partial charge in [-0.25, -0.2) is 0 Å². The molecule has 12 rings (SSSR count). The van der Waals surface area contributed by atoms with Gasteiger partial charge in [-0.15, -0.1) is 0 Å². The van der Waals surface area contributed by atoms with Crippen molar-refractivity contribution in [3.05, 3.63) is 211 Å². The molecule has 0 saturated carbocycles. The van der Waals surface area contributed by atoms with Gasteiger partial charge in [0.05, 0.1) is 11.4 Å². The van der Waals surface area contributed by atoms with E-state index in [1.54, 1.807) is 0 Å². The lowest BCUT2D eigenvalue weighted by Crippen LogP contribution is -2.21. The highest BCUT2D eigenvalue weighted by Crippen LogP contribution is 2.56. The molecule has 59 heavy (non-hydrogen) atoms. The maximum absolute atomic E-state index is 6.31. The highest BCUT2D eigenvalue weighted by molar-refractivity contribution is 6.08. The minimum Gasteiger partial charge on any atom is -0.456 e. The maximum atomic E-state index is 6.31. The third-order valence-corrected chi connectivity index (χ3v) is 12.8. The Labute approximate surface area is 343 Å². The SMILES string of the molecule is CC1(C)c2cc3ccccc3cc2-c2cccc(N(c3ccc(-c4ccc5c(c4)oc4ccccc45)cc3)c3ccc4ccccc4c3-c3ccc4ccccc4c3)c21. The molecule has 2 heteroatoms. The van der Waals surface area contributed by atoms with E-state index < -0.39 is 0 Å². The molecule has 1 heterocycles. The molecular weight excluding hydrogens is 715 g/mol. The van der Waals surface area contributed by atoms with Gasteiger partial charge in [0.2, 0.25) is 0 Å². The molecule has 0 bridgehead atoms. The summed E-state index contributed by atoms with van der Waals surface area (Å²) >= 11 is 0. The van der Waals surface area contributed by atoms with Crippen LogP contribution in [0.3, 0.4) is 0 Å². The average Bonchev–Trinajstić information content (AvgIpc) is 3.76. The number of fused-ring (bicyclic) bond motifs is 9. The summed E-state index contributed by atoms with van der Waals surface area (Å²) in [4.78, 5) is 2.52. The summed E-state index contributed by atoms with van der Waals surface area (Å²) in [6.45, 7) is 4.80. The zero-order valence-corrected chi connectivity index (χ0v) is 32.9. The second-order valence-electron chi connectivity index (χ2n) is 16.5. The Bertz CT molecular complexity index is 3480. The van der Waals surface area contributed by atoms with E-state index in [0.29, 0.717) is 0 Å². The number of hydrogen-bond acceptors (Lipinski definition) is 2. The average molecular weight is 754 g/mol. The Balaban J connectivity index is 1.10. The second-order valence-corrected chi connectivity index (χ2v) is 16.5. The van der Waals surface area contributed by atoms with E-state index >= 15 is 0 Å². The van der Waals surface area contributed by atoms with E-state index in [1.807, 2.05) is 12.1 Å². The van der Waals surface area contributed by atoms with Crippen molar-refractivity contribution in [3.63, 3.8) is 0 Å². The summed E-state index contributed by atoms with van der Waals surface area (Å²) in [5.74, 6) is 0. The van der Waals surface area contributed by atoms with Gasteiger partial charge in [-0.2, -0.15) is 0 Å². The minimum atomic E-state index is -0.258. The van der Waals surface area contributed by atoms with Gasteiger partial charge in [-0.3, -0.25) is 0 Å². The van der Waals surface area contributed by atoms with E-state index in [1.165, 1.54) is 71.4 Å². The molecule has 0 unspecified atom stereocenters. The van der Waals surface area contributed by atoms with Crippen LogP contribution in [-0.4, -0.2) is 0 Å². The molecule has 1 aliphatic rings. The number of anilines is 3. The molecule has 10 aromatic carbocycles. The van der Waals surface area contributed by atoms with Crippen LogP contribution in [0, 0.1) is 0 Å². The first kappa shape index (κ1) is 33.7. The van der Waals surface area contributed by atoms with Crippen LogP contribution in [0.15, 0.2) is 205 Å². The molecule has 1 aliphatic carbocycles. The van der Waals surface area contributed by atoms with Crippen molar-refractivity contribution in [3.8, 4) is 33.4 Å². The van der Waals surface area contributed by atoms with Crippen LogP contribution in [0.25, 0.3) is 87.6 Å².